The van der Waals surface area contributed by atoms with Crippen LogP contribution < -0.4 is 15.4 Å². The van der Waals surface area contributed by atoms with E-state index in [0.29, 0.717) is 23.9 Å². The second-order valence-electron chi connectivity index (χ2n) is 12.4. The Morgan fingerprint density at radius 3 is 2.62 bits per heavy atom. The number of halogens is 6. The molecule has 3 fully saturated rings. The predicted octanol–water partition coefficient (Wildman–Crippen LogP) is 6.67. The Kier molecular flexibility index (Phi) is 8.65. The lowest BCUT2D eigenvalue weighted by atomic mass is 9.92. The third kappa shape index (κ3) is 6.02. The third-order valence-corrected chi connectivity index (χ3v) is 10.3. The summed E-state index contributed by atoms with van der Waals surface area (Å²) in [4.78, 5) is 12.0. The van der Waals surface area contributed by atoms with Crippen molar-refractivity contribution < 1.29 is 36.2 Å². The van der Waals surface area contributed by atoms with Crippen LogP contribution in [0.4, 0.5) is 37.2 Å². The van der Waals surface area contributed by atoms with E-state index in [1.165, 1.54) is 20.0 Å². The highest BCUT2D eigenvalue weighted by molar-refractivity contribution is 7.23. The number of fused-ring (bicyclic) bond motifs is 3. The molecule has 2 saturated heterocycles. The van der Waals surface area contributed by atoms with E-state index in [0.717, 1.165) is 44.0 Å². The van der Waals surface area contributed by atoms with Crippen molar-refractivity contribution in [2.45, 2.75) is 50.5 Å². The minimum absolute atomic E-state index is 0.00994. The van der Waals surface area contributed by atoms with Gasteiger partial charge in [-0.05, 0) is 56.3 Å². The van der Waals surface area contributed by atoms with Gasteiger partial charge in [0, 0.05) is 47.9 Å². The number of aliphatic hydroxyl groups excluding tert-OH is 1. The van der Waals surface area contributed by atoms with Gasteiger partial charge in [-0.25, -0.2) is 13.2 Å². The number of rotatable bonds is 6. The van der Waals surface area contributed by atoms with Gasteiger partial charge < -0.3 is 20.5 Å². The van der Waals surface area contributed by atoms with Gasteiger partial charge in [0.25, 0.3) is 0 Å². The summed E-state index contributed by atoms with van der Waals surface area (Å²) in [5.41, 5.74) is 2.14. The van der Waals surface area contributed by atoms with Gasteiger partial charge >= 0.3 is 12.2 Å². The maximum atomic E-state index is 16.3. The summed E-state index contributed by atoms with van der Waals surface area (Å²) in [5, 5.41) is 18.8. The molecule has 2 aromatic heterocycles. The Hall–Kier alpha value is -3.87. The molecular formula is C32H32F6N6O2S. The van der Waals surface area contributed by atoms with Crippen molar-refractivity contribution in [3.05, 3.63) is 41.0 Å². The van der Waals surface area contributed by atoms with E-state index >= 15 is 4.39 Å². The van der Waals surface area contributed by atoms with Crippen LogP contribution in [0.15, 0.2) is 18.2 Å². The highest BCUT2D eigenvalue weighted by Crippen LogP contribution is 2.49. The highest BCUT2D eigenvalue weighted by atomic mass is 32.1. The highest BCUT2D eigenvalue weighted by Gasteiger charge is 2.44. The van der Waals surface area contributed by atoms with Gasteiger partial charge in [0.1, 0.15) is 34.4 Å². The van der Waals surface area contributed by atoms with Gasteiger partial charge in [0.15, 0.2) is 5.82 Å². The molecule has 4 heterocycles. The van der Waals surface area contributed by atoms with Gasteiger partial charge in [-0.2, -0.15) is 28.4 Å². The summed E-state index contributed by atoms with van der Waals surface area (Å²) in [7, 11) is 2.81. The summed E-state index contributed by atoms with van der Waals surface area (Å²) >= 11 is 0.691. The maximum absolute atomic E-state index is 16.3. The monoisotopic (exact) mass is 678 g/mol. The topological polar surface area (TPSA) is 112 Å². The number of hydrogen-bond acceptors (Lipinski definition) is 9. The lowest BCUT2D eigenvalue weighted by Crippen LogP contribution is -2.29. The number of nitrogen functional groups attached to an aromatic ring is 1. The molecule has 15 heteroatoms. The number of ether oxygens (including phenoxy) is 1. The standard InChI is InChI=1S/C25H20F5N5O2S.C7H12FN/c1-35(9-24(10-36)5-6-24)22-12-7-14(25(28,29)30)17(18(27)19(12)33-23(34-22)37-2)11-3-4-15(26)20-16(11)13(8-31)21(32)38-20;8-6-4-7-2-1-3-9(7)5-6/h3-4,7,36H,5-6,9-10,32H2,1-2H3;6-7H,1-5H2. The Bertz CT molecular complexity index is 1880. The molecule has 0 amide bonds. The number of nitriles is 1. The van der Waals surface area contributed by atoms with Crippen molar-refractivity contribution >= 4 is 43.1 Å². The minimum Gasteiger partial charge on any atom is -0.467 e. The quantitative estimate of drug-likeness (QED) is 0.218. The van der Waals surface area contributed by atoms with E-state index in [9.17, 15) is 32.3 Å². The second kappa shape index (κ2) is 12.3. The smallest absolute Gasteiger partial charge is 0.417 e. The van der Waals surface area contributed by atoms with E-state index in [4.69, 9.17) is 10.5 Å². The normalized spacial score (nSPS) is 20.2. The molecule has 2 aromatic carbocycles. The molecule has 2 unspecified atom stereocenters. The first-order valence-electron chi connectivity index (χ1n) is 15.1. The summed E-state index contributed by atoms with van der Waals surface area (Å²) in [6.45, 7) is 2.01. The van der Waals surface area contributed by atoms with Gasteiger partial charge in [-0.15, -0.1) is 11.3 Å². The van der Waals surface area contributed by atoms with Crippen molar-refractivity contribution in [1.82, 2.24) is 14.9 Å². The average molecular weight is 679 g/mol. The SMILES string of the molecule is COc1nc(N(C)CC2(CO)CC2)c2cc(C(F)(F)F)c(-c3ccc(F)c4sc(N)c(C#N)c34)c(F)c2n1.FC1CC2CCCN2C1. The number of hydrogen-bond donors (Lipinski definition) is 2. The molecule has 1 saturated carbocycles. The molecule has 0 radical (unpaired) electrons. The van der Waals surface area contributed by atoms with E-state index in [-0.39, 0.29) is 56.6 Å². The number of benzene rings is 2. The summed E-state index contributed by atoms with van der Waals surface area (Å²) < 4.78 is 91.9. The molecular weight excluding hydrogens is 646 g/mol. The van der Waals surface area contributed by atoms with Crippen molar-refractivity contribution in [3.63, 3.8) is 0 Å². The number of aliphatic hydroxyl groups is 1. The van der Waals surface area contributed by atoms with Crippen molar-refractivity contribution in [3.8, 4) is 23.2 Å². The van der Waals surface area contributed by atoms with Crippen LogP contribution in [0.3, 0.4) is 0 Å². The molecule has 4 aromatic rings. The number of methoxy groups -OCH3 is 1. The second-order valence-corrected chi connectivity index (χ2v) is 13.5. The molecule has 3 aliphatic rings. The van der Waals surface area contributed by atoms with Gasteiger partial charge in [0.05, 0.1) is 29.5 Å². The number of thiophene rings is 1. The van der Waals surface area contributed by atoms with E-state index in [1.54, 1.807) is 18.0 Å². The number of nitrogens with two attached hydrogens (primary N) is 1. The average Bonchev–Trinajstić information content (AvgIpc) is 3.30. The van der Waals surface area contributed by atoms with Crippen LogP contribution in [-0.4, -0.2) is 72.6 Å². The Labute approximate surface area is 270 Å². The van der Waals surface area contributed by atoms with Crippen LogP contribution in [-0.2, 0) is 6.18 Å². The first kappa shape index (κ1) is 33.0. The zero-order valence-corrected chi connectivity index (χ0v) is 26.4. The maximum Gasteiger partial charge on any atom is 0.417 e. The first-order valence-corrected chi connectivity index (χ1v) is 15.9. The fourth-order valence-electron chi connectivity index (χ4n) is 6.72. The largest absolute Gasteiger partial charge is 0.467 e. The zero-order chi connectivity index (χ0) is 33.8. The Morgan fingerprint density at radius 1 is 1.26 bits per heavy atom. The van der Waals surface area contributed by atoms with Crippen LogP contribution in [0, 0.1) is 28.4 Å². The Morgan fingerprint density at radius 2 is 2.00 bits per heavy atom. The molecule has 2 atom stereocenters. The van der Waals surface area contributed by atoms with Gasteiger partial charge in [0.2, 0.25) is 0 Å². The molecule has 0 bridgehead atoms. The molecule has 2 aliphatic heterocycles. The van der Waals surface area contributed by atoms with Crippen molar-refractivity contribution in [2.75, 3.05) is 51.0 Å². The minimum atomic E-state index is -5.04. The van der Waals surface area contributed by atoms with Gasteiger partial charge in [-0.1, -0.05) is 6.07 Å². The van der Waals surface area contributed by atoms with Gasteiger partial charge in [-0.3, -0.25) is 4.90 Å². The third-order valence-electron chi connectivity index (χ3n) is 9.26. The fourth-order valence-corrected chi connectivity index (χ4v) is 7.67. The molecule has 1 aliphatic carbocycles. The number of nitrogens with zero attached hydrogens (tertiary/aromatic N) is 5. The molecule has 250 valence electrons. The molecule has 7 rings (SSSR count). The molecule has 47 heavy (non-hydrogen) atoms. The molecule has 8 nitrogen and oxygen atoms in total. The zero-order valence-electron chi connectivity index (χ0n) is 25.6. The van der Waals surface area contributed by atoms with Crippen LogP contribution >= 0.6 is 11.3 Å². The predicted molar refractivity (Wildman–Crippen MR) is 167 cm³/mol. The number of alkyl halides is 4. The lowest BCUT2D eigenvalue weighted by Gasteiger charge is -2.25. The summed E-state index contributed by atoms with van der Waals surface area (Å²) in [5.74, 6) is -2.15. The number of anilines is 2. The Balaban J connectivity index is 0.000000366. The van der Waals surface area contributed by atoms with Crippen LogP contribution in [0.25, 0.3) is 32.1 Å². The fraction of sp³-hybridized carbons (Fsp3) is 0.469. The first-order chi connectivity index (χ1) is 22.3. The van der Waals surface area contributed by atoms with Crippen LogP contribution in [0.1, 0.15) is 43.2 Å². The van der Waals surface area contributed by atoms with E-state index in [2.05, 4.69) is 14.9 Å². The van der Waals surface area contributed by atoms with Crippen LogP contribution in [0.2, 0.25) is 0 Å². The molecule has 0 spiro atoms. The summed E-state index contributed by atoms with van der Waals surface area (Å²) in [6.07, 6.45) is -0.775. The van der Waals surface area contributed by atoms with E-state index < -0.39 is 46.0 Å². The van der Waals surface area contributed by atoms with E-state index in [1.807, 2.05) is 0 Å². The van der Waals surface area contributed by atoms with Crippen molar-refractivity contribution in [1.29, 1.82) is 5.26 Å². The number of aromatic nitrogens is 2. The van der Waals surface area contributed by atoms with Crippen molar-refractivity contribution in [2.24, 2.45) is 5.41 Å². The van der Waals surface area contributed by atoms with Crippen LogP contribution in [0.5, 0.6) is 6.01 Å². The summed E-state index contributed by atoms with van der Waals surface area (Å²) in [6, 6.07) is 4.76. The molecule has 3 N–H and O–H groups in total. The lowest BCUT2D eigenvalue weighted by molar-refractivity contribution is -0.137.